The number of hydrogen-bond donors (Lipinski definition) is 2. The molecular formula is C15H22FNO2. The lowest BCUT2D eigenvalue weighted by Crippen LogP contribution is -2.29. The zero-order valence-electron chi connectivity index (χ0n) is 12.0. The molecule has 4 heteroatoms. The highest BCUT2D eigenvalue weighted by Crippen LogP contribution is 2.24. The summed E-state index contributed by atoms with van der Waals surface area (Å²) in [5.74, 6) is -0.969. The summed E-state index contributed by atoms with van der Waals surface area (Å²) in [6, 6.07) is 3.86. The molecule has 0 saturated heterocycles. The van der Waals surface area contributed by atoms with Crippen molar-refractivity contribution in [3.05, 3.63) is 35.1 Å². The van der Waals surface area contributed by atoms with E-state index < -0.39 is 5.97 Å². The molecule has 2 N–H and O–H groups in total. The van der Waals surface area contributed by atoms with E-state index in [4.69, 9.17) is 5.11 Å². The average Bonchev–Trinajstić information content (AvgIpc) is 2.29. The molecule has 1 unspecified atom stereocenters. The highest BCUT2D eigenvalue weighted by molar-refractivity contribution is 5.87. The van der Waals surface area contributed by atoms with Gasteiger partial charge in [-0.15, -0.1) is 0 Å². The molecular weight excluding hydrogens is 245 g/mol. The van der Waals surface area contributed by atoms with E-state index in [1.165, 1.54) is 18.2 Å². The number of carboxylic acids is 1. The van der Waals surface area contributed by atoms with E-state index in [1.807, 2.05) is 0 Å². The summed E-state index contributed by atoms with van der Waals surface area (Å²) >= 11 is 0. The Hall–Kier alpha value is -1.42. The monoisotopic (exact) mass is 267 g/mol. The minimum atomic E-state index is -1.04. The van der Waals surface area contributed by atoms with Gasteiger partial charge >= 0.3 is 5.97 Å². The maximum absolute atomic E-state index is 13.6. The number of hydrogen-bond acceptors (Lipinski definition) is 2. The third-order valence-corrected chi connectivity index (χ3v) is 3.54. The Morgan fingerprint density at radius 3 is 2.58 bits per heavy atom. The lowest BCUT2D eigenvalue weighted by atomic mass is 9.82. The first-order chi connectivity index (χ1) is 8.71. The number of benzene rings is 1. The first-order valence-corrected chi connectivity index (χ1v) is 6.44. The Kier molecular flexibility index (Phi) is 5.06. The summed E-state index contributed by atoms with van der Waals surface area (Å²) < 4.78 is 13.6. The number of aromatic carboxylic acids is 1. The third kappa shape index (κ3) is 4.63. The van der Waals surface area contributed by atoms with E-state index in [9.17, 15) is 9.18 Å². The second-order valence-electron chi connectivity index (χ2n) is 6.01. The van der Waals surface area contributed by atoms with Crippen molar-refractivity contribution in [3.8, 4) is 0 Å². The van der Waals surface area contributed by atoms with Gasteiger partial charge in [0.2, 0.25) is 0 Å². The van der Waals surface area contributed by atoms with E-state index in [0.29, 0.717) is 18.0 Å². The Balaban J connectivity index is 2.63. The van der Waals surface area contributed by atoms with Crippen molar-refractivity contribution < 1.29 is 14.3 Å². The quantitative estimate of drug-likeness (QED) is 0.860. The van der Waals surface area contributed by atoms with Crippen LogP contribution in [0, 0.1) is 17.2 Å². The molecule has 0 aliphatic carbocycles. The van der Waals surface area contributed by atoms with Gasteiger partial charge in [-0.2, -0.15) is 0 Å². The zero-order chi connectivity index (χ0) is 14.6. The van der Waals surface area contributed by atoms with E-state index >= 15 is 0 Å². The Labute approximate surface area is 113 Å². The molecule has 0 amide bonds. The fourth-order valence-corrected chi connectivity index (χ4v) is 1.57. The van der Waals surface area contributed by atoms with E-state index in [2.05, 4.69) is 33.0 Å². The zero-order valence-corrected chi connectivity index (χ0v) is 12.0. The fourth-order valence-electron chi connectivity index (χ4n) is 1.57. The lowest BCUT2D eigenvalue weighted by molar-refractivity contribution is 0.0696. The second kappa shape index (κ2) is 6.15. The van der Waals surface area contributed by atoms with Gasteiger partial charge in [0.05, 0.1) is 5.56 Å². The van der Waals surface area contributed by atoms with Crippen LogP contribution in [-0.4, -0.2) is 17.6 Å². The minimum absolute atomic E-state index is 0.113. The standard InChI is InChI=1S/C15H22FNO2/c1-10(15(2,3)4)8-17-9-12-7-11(14(18)19)5-6-13(12)16/h5-7,10,17H,8-9H2,1-4H3,(H,18,19). The number of rotatable bonds is 5. The number of nitrogens with one attached hydrogen (secondary N) is 1. The lowest BCUT2D eigenvalue weighted by Gasteiger charge is -2.27. The molecule has 0 fully saturated rings. The molecule has 0 aromatic heterocycles. The number of halogens is 1. The van der Waals surface area contributed by atoms with E-state index in [1.54, 1.807) is 0 Å². The first kappa shape index (κ1) is 15.6. The Morgan fingerprint density at radius 1 is 1.42 bits per heavy atom. The van der Waals surface area contributed by atoms with Crippen molar-refractivity contribution in [1.29, 1.82) is 0 Å². The predicted octanol–water partition coefficient (Wildman–Crippen LogP) is 3.30. The largest absolute Gasteiger partial charge is 0.478 e. The highest BCUT2D eigenvalue weighted by Gasteiger charge is 2.19. The predicted molar refractivity (Wildman–Crippen MR) is 73.7 cm³/mol. The van der Waals surface area contributed by atoms with Gasteiger partial charge < -0.3 is 10.4 Å². The van der Waals surface area contributed by atoms with Gasteiger partial charge in [0.1, 0.15) is 5.82 Å². The summed E-state index contributed by atoms with van der Waals surface area (Å²) in [7, 11) is 0. The fraction of sp³-hybridized carbons (Fsp3) is 0.533. The van der Waals surface area contributed by atoms with Crippen LogP contribution in [0.15, 0.2) is 18.2 Å². The van der Waals surface area contributed by atoms with Crippen molar-refractivity contribution >= 4 is 5.97 Å². The summed E-state index contributed by atoms with van der Waals surface area (Å²) in [6.45, 7) is 9.71. The van der Waals surface area contributed by atoms with Gasteiger partial charge in [0.15, 0.2) is 0 Å². The van der Waals surface area contributed by atoms with E-state index in [0.717, 1.165) is 6.54 Å². The van der Waals surface area contributed by atoms with Crippen LogP contribution >= 0.6 is 0 Å². The molecule has 1 rings (SSSR count). The van der Waals surface area contributed by atoms with Crippen LogP contribution in [0.4, 0.5) is 4.39 Å². The molecule has 0 bridgehead atoms. The minimum Gasteiger partial charge on any atom is -0.478 e. The van der Waals surface area contributed by atoms with Gasteiger partial charge in [-0.1, -0.05) is 27.7 Å². The van der Waals surface area contributed by atoms with E-state index in [-0.39, 0.29) is 16.8 Å². The van der Waals surface area contributed by atoms with Crippen molar-refractivity contribution in [1.82, 2.24) is 5.32 Å². The molecule has 1 atom stereocenters. The van der Waals surface area contributed by atoms with Gasteiger partial charge in [0, 0.05) is 12.1 Å². The van der Waals surface area contributed by atoms with Gasteiger partial charge in [0.25, 0.3) is 0 Å². The Morgan fingerprint density at radius 2 is 2.05 bits per heavy atom. The van der Waals surface area contributed by atoms with Crippen LogP contribution in [0.3, 0.4) is 0 Å². The maximum Gasteiger partial charge on any atom is 0.335 e. The van der Waals surface area contributed by atoms with Crippen LogP contribution in [0.25, 0.3) is 0 Å². The topological polar surface area (TPSA) is 49.3 Å². The summed E-state index contributed by atoms with van der Waals surface area (Å²) in [5, 5.41) is 12.1. The number of carbonyl (C=O) groups is 1. The number of carboxylic acid groups (broad SMARTS) is 1. The van der Waals surface area contributed by atoms with Crippen LogP contribution in [0.2, 0.25) is 0 Å². The van der Waals surface area contributed by atoms with Crippen molar-refractivity contribution in [2.24, 2.45) is 11.3 Å². The molecule has 1 aromatic carbocycles. The molecule has 0 heterocycles. The van der Waals surface area contributed by atoms with Crippen LogP contribution in [-0.2, 0) is 6.54 Å². The van der Waals surface area contributed by atoms with Crippen molar-refractivity contribution in [3.63, 3.8) is 0 Å². The Bertz CT molecular complexity index is 452. The highest BCUT2D eigenvalue weighted by atomic mass is 19.1. The summed E-state index contributed by atoms with van der Waals surface area (Å²) in [5.41, 5.74) is 0.692. The van der Waals surface area contributed by atoms with Crippen molar-refractivity contribution in [2.45, 2.75) is 34.2 Å². The average molecular weight is 267 g/mol. The summed E-state index contributed by atoms with van der Waals surface area (Å²) in [6.07, 6.45) is 0. The molecule has 0 saturated carbocycles. The van der Waals surface area contributed by atoms with Gasteiger partial charge in [-0.05, 0) is 36.1 Å². The summed E-state index contributed by atoms with van der Waals surface area (Å²) in [4.78, 5) is 10.8. The molecule has 1 aromatic rings. The molecule has 0 aliphatic rings. The van der Waals surface area contributed by atoms with Gasteiger partial charge in [-0.3, -0.25) is 0 Å². The van der Waals surface area contributed by atoms with Crippen molar-refractivity contribution in [2.75, 3.05) is 6.54 Å². The molecule has 0 radical (unpaired) electrons. The second-order valence-corrected chi connectivity index (χ2v) is 6.01. The molecule has 19 heavy (non-hydrogen) atoms. The van der Waals surface area contributed by atoms with Crippen LogP contribution < -0.4 is 5.32 Å². The molecule has 3 nitrogen and oxygen atoms in total. The first-order valence-electron chi connectivity index (χ1n) is 6.44. The normalized spacial score (nSPS) is 13.3. The van der Waals surface area contributed by atoms with Gasteiger partial charge in [-0.25, -0.2) is 9.18 Å². The SMILES string of the molecule is CC(CNCc1cc(C(=O)O)ccc1F)C(C)(C)C. The third-order valence-electron chi connectivity index (χ3n) is 3.54. The van der Waals surface area contributed by atoms with Crippen LogP contribution in [0.5, 0.6) is 0 Å². The molecule has 106 valence electrons. The van der Waals surface area contributed by atoms with Crippen LogP contribution in [0.1, 0.15) is 43.6 Å². The molecule has 0 aliphatic heterocycles. The molecule has 0 spiro atoms. The maximum atomic E-state index is 13.6. The smallest absolute Gasteiger partial charge is 0.335 e.